The smallest absolute Gasteiger partial charge is 0.269 e. The summed E-state index contributed by atoms with van der Waals surface area (Å²) >= 11 is 0. The largest absolute Gasteiger partial charge is 0.457 e. The van der Waals surface area contributed by atoms with Crippen molar-refractivity contribution in [2.24, 2.45) is 0 Å². The van der Waals surface area contributed by atoms with Gasteiger partial charge in [-0.2, -0.15) is 0 Å². The molecule has 0 bridgehead atoms. The van der Waals surface area contributed by atoms with Crippen LogP contribution >= 0.6 is 0 Å². The number of hydrogen-bond donors (Lipinski definition) is 0. The fourth-order valence-corrected chi connectivity index (χ4v) is 5.90. The molecule has 7 aromatic rings. The van der Waals surface area contributed by atoms with Crippen LogP contribution in [-0.2, 0) is 0 Å². The highest BCUT2D eigenvalue weighted by Crippen LogP contribution is 2.40. The molecule has 0 saturated carbocycles. The molecular weight excluding hydrogens is 652 g/mol. The summed E-state index contributed by atoms with van der Waals surface area (Å²) in [6, 6.07) is 54.4. The summed E-state index contributed by atoms with van der Waals surface area (Å²) in [6.07, 6.45) is 2.20. The van der Waals surface area contributed by atoms with Crippen molar-refractivity contribution in [1.82, 2.24) is 0 Å². The monoisotopic (exact) mass is 682 g/mol. The van der Waals surface area contributed by atoms with Crippen LogP contribution in [0.3, 0.4) is 0 Å². The second-order valence-corrected chi connectivity index (χ2v) is 11.8. The molecule has 8 heteroatoms. The third-order valence-electron chi connectivity index (χ3n) is 8.44. The van der Waals surface area contributed by atoms with Gasteiger partial charge < -0.3 is 9.47 Å². The summed E-state index contributed by atoms with van der Waals surface area (Å²) in [4.78, 5) is 21.2. The summed E-state index contributed by atoms with van der Waals surface area (Å²) < 4.78 is 12.0. The first-order valence-corrected chi connectivity index (χ1v) is 16.4. The van der Waals surface area contributed by atoms with E-state index >= 15 is 0 Å². The Kier molecular flexibility index (Phi) is 9.61. The van der Waals surface area contributed by atoms with E-state index < -0.39 is 9.85 Å². The average molecular weight is 683 g/mol. The molecule has 0 amide bonds. The summed E-state index contributed by atoms with van der Waals surface area (Å²) in [5.41, 5.74) is 8.25. The first-order valence-electron chi connectivity index (χ1n) is 16.4. The third-order valence-corrected chi connectivity index (χ3v) is 8.44. The van der Waals surface area contributed by atoms with E-state index in [0.717, 1.165) is 44.5 Å². The Bertz CT molecular complexity index is 2220. The van der Waals surface area contributed by atoms with Crippen LogP contribution in [-0.4, -0.2) is 9.85 Å². The van der Waals surface area contributed by atoms with Gasteiger partial charge in [0, 0.05) is 24.3 Å². The fourth-order valence-electron chi connectivity index (χ4n) is 5.90. The van der Waals surface area contributed by atoms with E-state index in [-0.39, 0.29) is 11.4 Å². The summed E-state index contributed by atoms with van der Waals surface area (Å²) in [5, 5.41) is 22.1. The van der Waals surface area contributed by atoms with Crippen LogP contribution in [0.2, 0.25) is 0 Å². The van der Waals surface area contributed by atoms with Crippen molar-refractivity contribution in [2.45, 2.75) is 0 Å². The summed E-state index contributed by atoms with van der Waals surface area (Å²) in [7, 11) is 0. The molecule has 0 aromatic heterocycles. The molecule has 0 aliphatic carbocycles. The van der Waals surface area contributed by atoms with Crippen LogP contribution in [0.15, 0.2) is 176 Å². The normalized spacial score (nSPS) is 10.6. The van der Waals surface area contributed by atoms with Gasteiger partial charge in [0.25, 0.3) is 11.4 Å². The first kappa shape index (κ1) is 33.2. The maximum atomic E-state index is 11.0. The van der Waals surface area contributed by atoms with Crippen LogP contribution in [0, 0.1) is 20.2 Å². The molecule has 0 atom stereocenters. The fraction of sp³-hybridized carbons (Fsp3) is 0. The minimum Gasteiger partial charge on any atom is -0.457 e. The Balaban J connectivity index is 1.23. The minimum atomic E-state index is -0.438. The van der Waals surface area contributed by atoms with Crippen LogP contribution in [0.1, 0.15) is 16.7 Å². The highest BCUT2D eigenvalue weighted by Gasteiger charge is 2.17. The number of hydrogen-bond acceptors (Lipinski definition) is 6. The SMILES string of the molecule is O=[N+]([O-])c1ccc(Oc2ccc(-c3ccccc3C(=Cc3ccccc3)c3ccccc3-c3ccc(Oc4ccc([N+](=O)[O-])cc4)cc3)cc2)cc1. The maximum absolute atomic E-state index is 11.0. The van der Waals surface area contributed by atoms with E-state index in [1.807, 2.05) is 91.0 Å². The highest BCUT2D eigenvalue weighted by molar-refractivity contribution is 6.00. The third kappa shape index (κ3) is 7.61. The molecule has 0 N–H and O–H groups in total. The quantitative estimate of drug-likeness (QED) is 0.0764. The lowest BCUT2D eigenvalue weighted by Gasteiger charge is -2.18. The number of benzene rings is 7. The van der Waals surface area contributed by atoms with Crippen LogP contribution in [0.25, 0.3) is 33.9 Å². The lowest BCUT2D eigenvalue weighted by Crippen LogP contribution is -1.96. The van der Waals surface area contributed by atoms with Crippen molar-refractivity contribution in [3.05, 3.63) is 213 Å². The summed E-state index contributed by atoms with van der Waals surface area (Å²) in [6.45, 7) is 0. The molecule has 7 rings (SSSR count). The molecular formula is C44H30N2O6. The van der Waals surface area contributed by atoms with Crippen molar-refractivity contribution in [1.29, 1.82) is 0 Å². The zero-order valence-corrected chi connectivity index (χ0v) is 27.7. The molecule has 0 heterocycles. The van der Waals surface area contributed by atoms with Crippen molar-refractivity contribution in [3.8, 4) is 45.3 Å². The van der Waals surface area contributed by atoms with E-state index in [2.05, 4.69) is 42.5 Å². The Hall–Kier alpha value is -7.32. The topological polar surface area (TPSA) is 105 Å². The van der Waals surface area contributed by atoms with Gasteiger partial charge in [-0.05, 0) is 99.1 Å². The van der Waals surface area contributed by atoms with Gasteiger partial charge in [-0.15, -0.1) is 0 Å². The number of ether oxygens (including phenoxy) is 2. The Morgan fingerprint density at radius 1 is 0.423 bits per heavy atom. The van der Waals surface area contributed by atoms with Gasteiger partial charge >= 0.3 is 0 Å². The van der Waals surface area contributed by atoms with E-state index in [1.54, 1.807) is 24.3 Å². The Morgan fingerprint density at radius 2 is 0.769 bits per heavy atom. The van der Waals surface area contributed by atoms with Gasteiger partial charge in [0.05, 0.1) is 9.85 Å². The van der Waals surface area contributed by atoms with E-state index in [0.29, 0.717) is 23.0 Å². The van der Waals surface area contributed by atoms with Crippen molar-refractivity contribution >= 4 is 23.0 Å². The molecule has 0 radical (unpaired) electrons. The number of nitro benzene ring substituents is 2. The van der Waals surface area contributed by atoms with Crippen molar-refractivity contribution in [2.75, 3.05) is 0 Å². The molecule has 0 saturated heterocycles. The van der Waals surface area contributed by atoms with Gasteiger partial charge in [-0.25, -0.2) is 0 Å². The van der Waals surface area contributed by atoms with Gasteiger partial charge in [-0.1, -0.05) is 103 Å². The zero-order chi connectivity index (χ0) is 35.9. The zero-order valence-electron chi connectivity index (χ0n) is 27.7. The lowest BCUT2D eigenvalue weighted by molar-refractivity contribution is -0.385. The molecule has 52 heavy (non-hydrogen) atoms. The minimum absolute atomic E-state index is 0.00551. The standard InChI is InChI=1S/C44H30N2O6/c47-45(48)34-18-26-38(27-19-34)51-36-22-14-32(15-23-36)40-10-4-6-12-42(40)44(30-31-8-2-1-3-9-31)43-13-7-5-11-41(43)33-16-24-37(25-17-33)52-39-28-20-35(21-29-39)46(49)50/h1-30H. The van der Waals surface area contributed by atoms with Crippen LogP contribution < -0.4 is 9.47 Å². The maximum Gasteiger partial charge on any atom is 0.269 e. The predicted molar refractivity (Wildman–Crippen MR) is 204 cm³/mol. The van der Waals surface area contributed by atoms with Crippen LogP contribution in [0.5, 0.6) is 23.0 Å². The summed E-state index contributed by atoms with van der Waals surface area (Å²) in [5.74, 6) is 2.24. The molecule has 0 spiro atoms. The van der Waals surface area contributed by atoms with E-state index in [1.165, 1.54) is 24.3 Å². The van der Waals surface area contributed by atoms with Crippen LogP contribution in [0.4, 0.5) is 11.4 Å². The second kappa shape index (κ2) is 15.1. The molecule has 7 aromatic carbocycles. The van der Waals surface area contributed by atoms with Gasteiger partial charge in [0.2, 0.25) is 0 Å². The Morgan fingerprint density at radius 3 is 1.15 bits per heavy atom. The van der Waals surface area contributed by atoms with Gasteiger partial charge in [-0.3, -0.25) is 20.2 Å². The number of rotatable bonds is 11. The molecule has 252 valence electrons. The van der Waals surface area contributed by atoms with Crippen molar-refractivity contribution in [3.63, 3.8) is 0 Å². The second-order valence-electron chi connectivity index (χ2n) is 11.8. The highest BCUT2D eigenvalue weighted by atomic mass is 16.6. The molecule has 0 aliphatic heterocycles. The Labute approximate surface area is 299 Å². The lowest BCUT2D eigenvalue weighted by atomic mass is 9.86. The number of nitro groups is 2. The predicted octanol–water partition coefficient (Wildman–Crippen LogP) is 12.0. The molecule has 0 fully saturated rings. The van der Waals surface area contributed by atoms with E-state index in [4.69, 9.17) is 9.47 Å². The van der Waals surface area contributed by atoms with Crippen molar-refractivity contribution < 1.29 is 19.3 Å². The van der Waals surface area contributed by atoms with E-state index in [9.17, 15) is 20.2 Å². The number of nitrogens with zero attached hydrogens (tertiary/aromatic N) is 2. The number of non-ortho nitro benzene ring substituents is 2. The first-order chi connectivity index (χ1) is 25.4. The average Bonchev–Trinajstić information content (AvgIpc) is 3.18. The molecule has 0 aliphatic rings. The molecule has 8 nitrogen and oxygen atoms in total. The van der Waals surface area contributed by atoms with Gasteiger partial charge in [0.1, 0.15) is 23.0 Å². The molecule has 0 unspecified atom stereocenters. The van der Waals surface area contributed by atoms with Gasteiger partial charge in [0.15, 0.2) is 0 Å².